The standard InChI is InChI=1S/C11H15NO4/c1-15-10-5-3-4-9(8-10)12(6-7-13)11(14)16-2/h3-5,8,13H,6-7H2,1-2H3. The minimum absolute atomic E-state index is 0.133. The molecule has 5 heteroatoms. The summed E-state index contributed by atoms with van der Waals surface area (Å²) in [6.45, 7) is 0.0478. The summed E-state index contributed by atoms with van der Waals surface area (Å²) in [5.41, 5.74) is 0.625. The lowest BCUT2D eigenvalue weighted by Gasteiger charge is -2.20. The van der Waals surface area contributed by atoms with Crippen molar-refractivity contribution in [1.29, 1.82) is 0 Å². The summed E-state index contributed by atoms with van der Waals surface area (Å²) in [7, 11) is 2.85. The number of anilines is 1. The van der Waals surface area contributed by atoms with Gasteiger partial charge in [-0.3, -0.25) is 4.90 Å². The number of rotatable bonds is 4. The number of ether oxygens (including phenoxy) is 2. The zero-order valence-electron chi connectivity index (χ0n) is 9.34. The van der Waals surface area contributed by atoms with Crippen LogP contribution in [0.3, 0.4) is 0 Å². The second-order valence-electron chi connectivity index (χ2n) is 3.05. The van der Waals surface area contributed by atoms with Crippen molar-refractivity contribution >= 4 is 11.8 Å². The molecule has 1 aromatic carbocycles. The normalized spacial score (nSPS) is 9.69. The monoisotopic (exact) mass is 225 g/mol. The van der Waals surface area contributed by atoms with Crippen LogP contribution < -0.4 is 9.64 Å². The molecule has 1 rings (SSSR count). The third-order valence-corrected chi connectivity index (χ3v) is 2.08. The van der Waals surface area contributed by atoms with E-state index in [1.807, 2.05) is 0 Å². The van der Waals surface area contributed by atoms with Gasteiger partial charge in [-0.25, -0.2) is 4.79 Å². The van der Waals surface area contributed by atoms with Crippen LogP contribution in [0.4, 0.5) is 10.5 Å². The van der Waals surface area contributed by atoms with E-state index < -0.39 is 6.09 Å². The van der Waals surface area contributed by atoms with E-state index in [4.69, 9.17) is 9.84 Å². The van der Waals surface area contributed by atoms with E-state index in [1.54, 1.807) is 31.4 Å². The van der Waals surface area contributed by atoms with E-state index in [0.29, 0.717) is 11.4 Å². The molecular formula is C11H15NO4. The average Bonchev–Trinajstić information content (AvgIpc) is 2.35. The van der Waals surface area contributed by atoms with E-state index >= 15 is 0 Å². The fourth-order valence-electron chi connectivity index (χ4n) is 1.31. The molecule has 1 amide bonds. The van der Waals surface area contributed by atoms with E-state index in [1.165, 1.54) is 12.0 Å². The molecule has 16 heavy (non-hydrogen) atoms. The van der Waals surface area contributed by atoms with Gasteiger partial charge in [0.05, 0.1) is 33.1 Å². The lowest BCUT2D eigenvalue weighted by molar-refractivity contribution is 0.176. The smallest absolute Gasteiger partial charge is 0.414 e. The quantitative estimate of drug-likeness (QED) is 0.838. The molecule has 88 valence electrons. The number of hydrogen-bond donors (Lipinski definition) is 1. The summed E-state index contributed by atoms with van der Waals surface area (Å²) in [4.78, 5) is 12.8. The molecule has 0 aliphatic carbocycles. The Balaban J connectivity index is 2.95. The minimum Gasteiger partial charge on any atom is -0.497 e. The zero-order chi connectivity index (χ0) is 12.0. The molecule has 0 saturated heterocycles. The molecular weight excluding hydrogens is 210 g/mol. The second kappa shape index (κ2) is 5.97. The van der Waals surface area contributed by atoms with Crippen LogP contribution in [0.2, 0.25) is 0 Å². The van der Waals surface area contributed by atoms with Crippen molar-refractivity contribution in [2.24, 2.45) is 0 Å². The Morgan fingerprint density at radius 2 is 2.19 bits per heavy atom. The highest BCUT2D eigenvalue weighted by Gasteiger charge is 2.15. The Morgan fingerprint density at radius 3 is 2.75 bits per heavy atom. The molecule has 1 N–H and O–H groups in total. The summed E-state index contributed by atoms with van der Waals surface area (Å²) in [5.74, 6) is 0.643. The van der Waals surface area contributed by atoms with Crippen LogP contribution in [-0.4, -0.2) is 38.6 Å². The highest BCUT2D eigenvalue weighted by molar-refractivity contribution is 5.87. The maximum absolute atomic E-state index is 11.5. The molecule has 0 spiro atoms. The lowest BCUT2D eigenvalue weighted by atomic mass is 10.3. The fourth-order valence-corrected chi connectivity index (χ4v) is 1.31. The Morgan fingerprint density at radius 1 is 1.44 bits per heavy atom. The van der Waals surface area contributed by atoms with E-state index in [-0.39, 0.29) is 13.2 Å². The first-order valence-corrected chi connectivity index (χ1v) is 4.83. The van der Waals surface area contributed by atoms with Crippen molar-refractivity contribution in [2.45, 2.75) is 0 Å². The number of carbonyl (C=O) groups is 1. The summed E-state index contributed by atoms with van der Waals surface area (Å²) in [6, 6.07) is 6.99. The van der Waals surface area contributed by atoms with Gasteiger partial charge in [0, 0.05) is 6.07 Å². The predicted molar refractivity (Wildman–Crippen MR) is 59.8 cm³/mol. The number of amides is 1. The molecule has 0 radical (unpaired) electrons. The van der Waals surface area contributed by atoms with Gasteiger partial charge in [-0.1, -0.05) is 6.07 Å². The summed E-state index contributed by atoms with van der Waals surface area (Å²) in [5, 5.41) is 8.89. The second-order valence-corrected chi connectivity index (χ2v) is 3.05. The van der Waals surface area contributed by atoms with Gasteiger partial charge in [-0.05, 0) is 12.1 Å². The van der Waals surface area contributed by atoms with Crippen molar-refractivity contribution < 1.29 is 19.4 Å². The first-order valence-electron chi connectivity index (χ1n) is 4.83. The first kappa shape index (κ1) is 12.3. The van der Waals surface area contributed by atoms with Crippen molar-refractivity contribution in [3.63, 3.8) is 0 Å². The van der Waals surface area contributed by atoms with Crippen molar-refractivity contribution in [2.75, 3.05) is 32.3 Å². The van der Waals surface area contributed by atoms with Gasteiger partial charge >= 0.3 is 6.09 Å². The highest BCUT2D eigenvalue weighted by Crippen LogP contribution is 2.21. The van der Waals surface area contributed by atoms with Crippen molar-refractivity contribution in [3.8, 4) is 5.75 Å². The SMILES string of the molecule is COC(=O)N(CCO)c1cccc(OC)c1. The Kier molecular flexibility index (Phi) is 4.60. The minimum atomic E-state index is -0.512. The molecule has 0 atom stereocenters. The van der Waals surface area contributed by atoms with Crippen LogP contribution in [0.15, 0.2) is 24.3 Å². The number of nitrogens with zero attached hydrogens (tertiary/aromatic N) is 1. The van der Waals surface area contributed by atoms with E-state index in [0.717, 1.165) is 0 Å². The van der Waals surface area contributed by atoms with Crippen LogP contribution >= 0.6 is 0 Å². The van der Waals surface area contributed by atoms with E-state index in [2.05, 4.69) is 4.74 Å². The number of hydrogen-bond acceptors (Lipinski definition) is 4. The van der Waals surface area contributed by atoms with Gasteiger partial charge in [0.1, 0.15) is 5.75 Å². The number of methoxy groups -OCH3 is 2. The van der Waals surface area contributed by atoms with Gasteiger partial charge in [0.2, 0.25) is 0 Å². The van der Waals surface area contributed by atoms with Crippen LogP contribution in [0.5, 0.6) is 5.75 Å². The molecule has 0 aliphatic heterocycles. The Hall–Kier alpha value is -1.75. The van der Waals surface area contributed by atoms with E-state index in [9.17, 15) is 4.79 Å². The molecule has 0 aromatic heterocycles. The molecule has 0 bridgehead atoms. The molecule has 0 unspecified atom stereocenters. The Bertz CT molecular complexity index is 354. The fraction of sp³-hybridized carbons (Fsp3) is 0.364. The molecule has 0 saturated carbocycles. The van der Waals surface area contributed by atoms with Crippen LogP contribution in [0.1, 0.15) is 0 Å². The first-order chi connectivity index (χ1) is 7.72. The largest absolute Gasteiger partial charge is 0.497 e. The summed E-state index contributed by atoms with van der Waals surface area (Å²) < 4.78 is 9.68. The topological polar surface area (TPSA) is 59.0 Å². The van der Waals surface area contributed by atoms with Gasteiger partial charge < -0.3 is 14.6 Å². The molecule has 0 fully saturated rings. The van der Waals surface area contributed by atoms with Crippen LogP contribution in [-0.2, 0) is 4.74 Å². The number of benzene rings is 1. The maximum atomic E-state index is 11.5. The Labute approximate surface area is 94.2 Å². The maximum Gasteiger partial charge on any atom is 0.414 e. The predicted octanol–water partition coefficient (Wildman–Crippen LogP) is 1.26. The van der Waals surface area contributed by atoms with Crippen LogP contribution in [0.25, 0.3) is 0 Å². The number of aliphatic hydroxyl groups excluding tert-OH is 1. The van der Waals surface area contributed by atoms with Gasteiger partial charge in [-0.15, -0.1) is 0 Å². The molecule has 0 aliphatic rings. The number of aliphatic hydroxyl groups is 1. The molecule has 5 nitrogen and oxygen atoms in total. The molecule has 1 aromatic rings. The summed E-state index contributed by atoms with van der Waals surface area (Å²) in [6.07, 6.45) is -0.512. The third-order valence-electron chi connectivity index (χ3n) is 2.08. The average molecular weight is 225 g/mol. The van der Waals surface area contributed by atoms with Crippen molar-refractivity contribution in [1.82, 2.24) is 0 Å². The highest BCUT2D eigenvalue weighted by atomic mass is 16.5. The van der Waals surface area contributed by atoms with Crippen molar-refractivity contribution in [3.05, 3.63) is 24.3 Å². The summed E-state index contributed by atoms with van der Waals surface area (Å²) >= 11 is 0. The lowest BCUT2D eigenvalue weighted by Crippen LogP contribution is -2.33. The van der Waals surface area contributed by atoms with Gasteiger partial charge in [0.25, 0.3) is 0 Å². The zero-order valence-corrected chi connectivity index (χ0v) is 9.34. The van der Waals surface area contributed by atoms with Gasteiger partial charge in [-0.2, -0.15) is 0 Å². The third kappa shape index (κ3) is 2.87. The van der Waals surface area contributed by atoms with Gasteiger partial charge in [0.15, 0.2) is 0 Å². The molecule has 0 heterocycles. The number of carbonyl (C=O) groups excluding carboxylic acids is 1. The van der Waals surface area contributed by atoms with Crippen LogP contribution in [0, 0.1) is 0 Å².